The highest BCUT2D eigenvalue weighted by molar-refractivity contribution is 5.99. The van der Waals surface area contributed by atoms with Crippen LogP contribution in [0.3, 0.4) is 0 Å². The van der Waals surface area contributed by atoms with Crippen molar-refractivity contribution in [2.24, 2.45) is 10.7 Å². The van der Waals surface area contributed by atoms with Gasteiger partial charge in [0.15, 0.2) is 0 Å². The zero-order valence-corrected chi connectivity index (χ0v) is 21.4. The second kappa shape index (κ2) is 12.3. The van der Waals surface area contributed by atoms with Gasteiger partial charge in [-0.05, 0) is 38.8 Å². The molecule has 2 aliphatic rings. The number of piperidine rings is 2. The van der Waals surface area contributed by atoms with E-state index in [1.807, 2.05) is 12.1 Å². The normalized spacial score (nSPS) is 21.9. The predicted octanol–water partition coefficient (Wildman–Crippen LogP) is 3.08. The lowest BCUT2D eigenvalue weighted by atomic mass is 9.83. The van der Waals surface area contributed by atoms with E-state index in [1.165, 1.54) is 31.7 Å². The van der Waals surface area contributed by atoms with Crippen molar-refractivity contribution in [3.05, 3.63) is 54.5 Å². The molecule has 198 valence electrons. The lowest BCUT2D eigenvalue weighted by molar-refractivity contribution is -0.00137. The molecular formula is C26H37N9O2. The van der Waals surface area contributed by atoms with Gasteiger partial charge >= 0.3 is 0 Å². The Bertz CT molecular complexity index is 1160. The van der Waals surface area contributed by atoms with Gasteiger partial charge in [-0.25, -0.2) is 4.98 Å². The molecule has 4 rings (SSSR count). The Morgan fingerprint density at radius 2 is 2.11 bits per heavy atom. The number of fused-ring (bicyclic) bond motifs is 2. The number of hydrogen-bond donors (Lipinski definition) is 4. The number of nitrogens with one attached hydrogen (secondary N) is 3. The largest absolute Gasteiger partial charge is 0.474 e. The summed E-state index contributed by atoms with van der Waals surface area (Å²) in [4.78, 5) is 32.6. The van der Waals surface area contributed by atoms with Crippen LogP contribution < -0.4 is 26.4 Å². The van der Waals surface area contributed by atoms with E-state index >= 15 is 0 Å². The molecule has 2 atom stereocenters. The first-order valence-electron chi connectivity index (χ1n) is 12.5. The fourth-order valence-electron chi connectivity index (χ4n) is 4.85. The van der Waals surface area contributed by atoms with E-state index in [1.54, 1.807) is 25.4 Å². The molecule has 2 aromatic heterocycles. The molecule has 37 heavy (non-hydrogen) atoms. The molecule has 0 spiro atoms. The molecule has 0 saturated carbocycles. The molecular weight excluding hydrogens is 470 g/mol. The summed E-state index contributed by atoms with van der Waals surface area (Å²) in [7, 11) is 3.85. The van der Waals surface area contributed by atoms with E-state index in [2.05, 4.69) is 54.4 Å². The zero-order chi connectivity index (χ0) is 26.2. The van der Waals surface area contributed by atoms with Gasteiger partial charge in [0.2, 0.25) is 11.8 Å². The quantitative estimate of drug-likeness (QED) is 0.282. The first-order valence-corrected chi connectivity index (χ1v) is 12.5. The van der Waals surface area contributed by atoms with Gasteiger partial charge in [-0.1, -0.05) is 18.6 Å². The number of nitrogens with zero attached hydrogens (tertiary/aromatic N) is 5. The lowest BCUT2D eigenvalue weighted by Gasteiger charge is -2.46. The average molecular weight is 508 g/mol. The smallest absolute Gasteiger partial charge is 0.256 e. The molecule has 2 bridgehead atoms. The van der Waals surface area contributed by atoms with Crippen molar-refractivity contribution in [3.63, 3.8) is 0 Å². The molecule has 5 N–H and O–H groups in total. The van der Waals surface area contributed by atoms with Crippen LogP contribution in [0, 0.1) is 0 Å². The van der Waals surface area contributed by atoms with Crippen molar-refractivity contribution in [3.8, 4) is 5.88 Å². The number of aromatic nitrogens is 3. The van der Waals surface area contributed by atoms with Crippen molar-refractivity contribution in [2.45, 2.75) is 50.3 Å². The Morgan fingerprint density at radius 3 is 2.81 bits per heavy atom. The summed E-state index contributed by atoms with van der Waals surface area (Å²) in [5.41, 5.74) is 6.41. The Balaban J connectivity index is 0.00000400. The van der Waals surface area contributed by atoms with Crippen LogP contribution in [0.15, 0.2) is 53.9 Å². The molecule has 4 heterocycles. The van der Waals surface area contributed by atoms with Gasteiger partial charge < -0.3 is 31.3 Å². The Hall–Kier alpha value is -3.99. The lowest BCUT2D eigenvalue weighted by Crippen LogP contribution is -2.52. The summed E-state index contributed by atoms with van der Waals surface area (Å²) in [6, 6.07) is 6.64. The SMILES string of the molecule is C=CCNC(=O)c1cnc(N/C(C=NC)=C/N)nc1Nc1cccc(OC2CC3CCCC(C2)N3C)n1.[HH]. The number of rotatable bonds is 10. The molecule has 2 unspecified atom stereocenters. The molecule has 11 nitrogen and oxygen atoms in total. The van der Waals surface area contributed by atoms with Gasteiger partial charge in [0, 0.05) is 51.8 Å². The highest BCUT2D eigenvalue weighted by Crippen LogP contribution is 2.34. The summed E-state index contributed by atoms with van der Waals surface area (Å²) < 4.78 is 6.32. The van der Waals surface area contributed by atoms with E-state index in [4.69, 9.17) is 10.5 Å². The first kappa shape index (κ1) is 26.1. The van der Waals surface area contributed by atoms with E-state index in [0.29, 0.717) is 36.0 Å². The molecule has 2 aliphatic heterocycles. The molecule has 1 amide bonds. The van der Waals surface area contributed by atoms with Gasteiger partial charge in [0.1, 0.15) is 23.3 Å². The van der Waals surface area contributed by atoms with Crippen molar-refractivity contribution in [1.82, 2.24) is 25.2 Å². The number of amides is 1. The van der Waals surface area contributed by atoms with E-state index in [9.17, 15) is 4.79 Å². The zero-order valence-electron chi connectivity index (χ0n) is 21.4. The molecule has 0 aliphatic carbocycles. The van der Waals surface area contributed by atoms with Crippen LogP contribution >= 0.6 is 0 Å². The highest BCUT2D eigenvalue weighted by Gasteiger charge is 2.37. The molecule has 2 saturated heterocycles. The van der Waals surface area contributed by atoms with Gasteiger partial charge in [-0.2, -0.15) is 9.97 Å². The van der Waals surface area contributed by atoms with E-state index < -0.39 is 0 Å². The van der Waals surface area contributed by atoms with Gasteiger partial charge in [-0.3, -0.25) is 9.79 Å². The van der Waals surface area contributed by atoms with Crippen LogP contribution in [0.1, 0.15) is 43.9 Å². The topological polar surface area (TPSA) is 143 Å². The van der Waals surface area contributed by atoms with E-state index in [-0.39, 0.29) is 30.8 Å². The second-order valence-corrected chi connectivity index (χ2v) is 9.19. The van der Waals surface area contributed by atoms with E-state index in [0.717, 1.165) is 12.8 Å². The van der Waals surface area contributed by atoms with Gasteiger partial charge in [-0.15, -0.1) is 6.58 Å². The third-order valence-corrected chi connectivity index (χ3v) is 6.70. The number of pyridine rings is 1. The van der Waals surface area contributed by atoms with Crippen LogP contribution in [0.4, 0.5) is 17.6 Å². The van der Waals surface area contributed by atoms with Crippen LogP contribution in [0.2, 0.25) is 0 Å². The molecule has 2 fully saturated rings. The van der Waals surface area contributed by atoms with Crippen LogP contribution in [0.25, 0.3) is 0 Å². The highest BCUT2D eigenvalue weighted by atomic mass is 16.5. The number of carbonyl (C=O) groups excluding carboxylic acids is 1. The first-order chi connectivity index (χ1) is 18.0. The minimum absolute atomic E-state index is 0. The maximum atomic E-state index is 12.8. The second-order valence-electron chi connectivity index (χ2n) is 9.19. The number of anilines is 3. The number of nitrogens with two attached hydrogens (primary N) is 1. The minimum atomic E-state index is -0.344. The molecule has 0 radical (unpaired) electrons. The Labute approximate surface area is 218 Å². The van der Waals surface area contributed by atoms with Crippen molar-refractivity contribution in [2.75, 3.05) is 31.3 Å². The van der Waals surface area contributed by atoms with Crippen LogP contribution in [-0.2, 0) is 0 Å². The molecule has 2 aromatic rings. The molecule has 11 heteroatoms. The van der Waals surface area contributed by atoms with Crippen LogP contribution in [-0.4, -0.2) is 70.8 Å². The van der Waals surface area contributed by atoms with Crippen molar-refractivity contribution in [1.29, 1.82) is 0 Å². The maximum Gasteiger partial charge on any atom is 0.256 e. The third kappa shape index (κ3) is 6.62. The monoisotopic (exact) mass is 507 g/mol. The van der Waals surface area contributed by atoms with Crippen molar-refractivity contribution >= 4 is 29.7 Å². The third-order valence-electron chi connectivity index (χ3n) is 6.70. The van der Waals surface area contributed by atoms with Crippen molar-refractivity contribution < 1.29 is 11.0 Å². The van der Waals surface area contributed by atoms with Gasteiger partial charge in [0.25, 0.3) is 5.91 Å². The number of allylic oxidation sites excluding steroid dienone is 1. The van der Waals surface area contributed by atoms with Gasteiger partial charge in [0.05, 0.1) is 5.70 Å². The maximum absolute atomic E-state index is 12.8. The number of carbonyl (C=O) groups is 1. The fraction of sp³-hybridized carbons (Fsp3) is 0.423. The standard InChI is InChI=1S/C26H35N9O2.H2/c1-4-11-29-25(36)21-16-30-26(31-17(14-27)15-28-2)34-24(21)33-22-9-6-10-23(32-22)37-20-12-18-7-5-8-19(13-20)35(18)3;/h4,6,9-10,14-16,18-20H,1,5,7-8,11-13,27H2,2-3H3,(H,29,36)(H2,30,31,32,33,34);1H/b17-14+,28-15?;. The number of aliphatic imine (C=N–C) groups is 1. The van der Waals surface area contributed by atoms with Crippen LogP contribution in [0.5, 0.6) is 5.88 Å². The predicted molar refractivity (Wildman–Crippen MR) is 147 cm³/mol. The average Bonchev–Trinajstić information content (AvgIpc) is 2.88. The summed E-state index contributed by atoms with van der Waals surface area (Å²) in [6.45, 7) is 3.95. The Kier molecular flexibility index (Phi) is 8.68. The summed E-state index contributed by atoms with van der Waals surface area (Å²) in [5.74, 6) is 1.21. The summed E-state index contributed by atoms with van der Waals surface area (Å²) in [6.07, 6.45) is 11.8. The summed E-state index contributed by atoms with van der Waals surface area (Å²) in [5, 5.41) is 8.89. The molecule has 0 aromatic carbocycles. The minimum Gasteiger partial charge on any atom is -0.474 e. The number of hydrogen-bond acceptors (Lipinski definition) is 10. The Morgan fingerprint density at radius 1 is 1.32 bits per heavy atom. The summed E-state index contributed by atoms with van der Waals surface area (Å²) >= 11 is 0. The number of ether oxygens (including phenoxy) is 1. The fourth-order valence-corrected chi connectivity index (χ4v) is 4.85.